The number of hydrogen-bond donors (Lipinski definition) is 1. The minimum Gasteiger partial charge on any atom is -0.493 e. The minimum absolute atomic E-state index is 0.0420. The molecule has 0 radical (unpaired) electrons. The molecule has 2 rings (SSSR count). The van der Waals surface area contributed by atoms with Crippen molar-refractivity contribution in [2.75, 3.05) is 20.8 Å². The van der Waals surface area contributed by atoms with Gasteiger partial charge in [0.2, 0.25) is 0 Å². The number of para-hydroxylation sites is 1. The van der Waals surface area contributed by atoms with E-state index in [4.69, 9.17) is 9.47 Å². The number of benzene rings is 1. The number of amides is 2. The molecule has 1 N–H and O–H groups in total. The van der Waals surface area contributed by atoms with Crippen molar-refractivity contribution in [3.63, 3.8) is 0 Å². The lowest BCUT2D eigenvalue weighted by Crippen LogP contribution is -2.48. The molecule has 0 atom stereocenters. The highest BCUT2D eigenvalue weighted by molar-refractivity contribution is 5.75. The Morgan fingerprint density at radius 1 is 1.35 bits per heavy atom. The molecule has 1 aromatic carbocycles. The number of urea groups is 1. The Kier molecular flexibility index (Phi) is 5.74. The van der Waals surface area contributed by atoms with Crippen LogP contribution in [0.2, 0.25) is 0 Å². The Balaban J connectivity index is 2.07. The average Bonchev–Trinajstić information content (AvgIpc) is 2.95. The van der Waals surface area contributed by atoms with Crippen LogP contribution in [0, 0.1) is 0 Å². The van der Waals surface area contributed by atoms with Crippen LogP contribution in [0.4, 0.5) is 4.79 Å². The molecule has 1 fully saturated rings. The van der Waals surface area contributed by atoms with E-state index in [1.165, 1.54) is 12.8 Å². The number of ether oxygens (including phenoxy) is 2. The van der Waals surface area contributed by atoms with Crippen molar-refractivity contribution in [2.45, 2.75) is 51.6 Å². The van der Waals surface area contributed by atoms with Crippen molar-refractivity contribution >= 4 is 6.03 Å². The Hall–Kier alpha value is -1.91. The van der Waals surface area contributed by atoms with Crippen LogP contribution in [0.15, 0.2) is 18.2 Å². The lowest BCUT2D eigenvalue weighted by Gasteiger charge is -2.29. The Morgan fingerprint density at radius 2 is 2.04 bits per heavy atom. The molecule has 128 valence electrons. The predicted octanol–water partition coefficient (Wildman–Crippen LogP) is 3.57. The summed E-state index contributed by atoms with van der Waals surface area (Å²) in [6.07, 6.45) is 4.47. The monoisotopic (exact) mass is 320 g/mol. The van der Waals surface area contributed by atoms with Crippen molar-refractivity contribution in [1.82, 2.24) is 10.2 Å². The lowest BCUT2D eigenvalue weighted by atomic mass is 10.0. The van der Waals surface area contributed by atoms with Gasteiger partial charge in [0.1, 0.15) is 0 Å². The minimum atomic E-state index is -0.0670. The summed E-state index contributed by atoms with van der Waals surface area (Å²) in [4.78, 5) is 14.2. The van der Waals surface area contributed by atoms with Gasteiger partial charge in [-0.15, -0.1) is 0 Å². The Labute approximate surface area is 139 Å². The molecular formula is C18H28N2O3. The molecule has 0 heterocycles. The molecule has 0 saturated heterocycles. The van der Waals surface area contributed by atoms with E-state index < -0.39 is 0 Å². The van der Waals surface area contributed by atoms with Gasteiger partial charge in [-0.05, 0) is 32.8 Å². The molecule has 23 heavy (non-hydrogen) atoms. The topological polar surface area (TPSA) is 50.8 Å². The van der Waals surface area contributed by atoms with Crippen molar-refractivity contribution in [2.24, 2.45) is 0 Å². The van der Waals surface area contributed by atoms with Crippen LogP contribution in [-0.4, -0.2) is 37.2 Å². The molecule has 1 saturated carbocycles. The third kappa shape index (κ3) is 4.30. The fourth-order valence-electron chi connectivity index (χ4n) is 3.12. The summed E-state index contributed by atoms with van der Waals surface area (Å²) >= 11 is 0. The number of nitrogens with zero attached hydrogens (tertiary/aromatic N) is 1. The summed E-state index contributed by atoms with van der Waals surface area (Å²) < 4.78 is 11.1. The molecule has 2 amide bonds. The molecular weight excluding hydrogens is 292 g/mol. The van der Waals surface area contributed by atoms with E-state index >= 15 is 0 Å². The van der Waals surface area contributed by atoms with Crippen LogP contribution in [-0.2, 0) is 6.54 Å². The standard InChI is InChI=1S/C18H28N2O3/c1-5-23-16-14(9-8-10-15(16)22-4)13-20(3)17(21)19-18(2)11-6-7-12-18/h8-10H,5-7,11-13H2,1-4H3,(H,19,21). The first kappa shape index (κ1) is 17.4. The fraction of sp³-hybridized carbons (Fsp3) is 0.611. The zero-order valence-electron chi connectivity index (χ0n) is 14.6. The van der Waals surface area contributed by atoms with E-state index in [0.717, 1.165) is 18.4 Å². The molecule has 0 spiro atoms. The van der Waals surface area contributed by atoms with Gasteiger partial charge in [-0.2, -0.15) is 0 Å². The van der Waals surface area contributed by atoms with Gasteiger partial charge in [0, 0.05) is 18.2 Å². The maximum absolute atomic E-state index is 12.5. The van der Waals surface area contributed by atoms with Gasteiger partial charge in [-0.25, -0.2) is 4.79 Å². The maximum atomic E-state index is 12.5. The summed E-state index contributed by atoms with van der Waals surface area (Å²) in [6, 6.07) is 5.71. The van der Waals surface area contributed by atoms with Crippen LogP contribution >= 0.6 is 0 Å². The summed E-state index contributed by atoms with van der Waals surface area (Å²) in [5.41, 5.74) is 0.878. The van der Waals surface area contributed by atoms with Crippen LogP contribution in [0.3, 0.4) is 0 Å². The second-order valence-electron chi connectivity index (χ2n) is 6.44. The molecule has 5 heteroatoms. The second kappa shape index (κ2) is 7.57. The second-order valence-corrected chi connectivity index (χ2v) is 6.44. The molecule has 1 aliphatic rings. The molecule has 0 aromatic heterocycles. The normalized spacial score (nSPS) is 16.0. The zero-order chi connectivity index (χ0) is 16.9. The first-order chi connectivity index (χ1) is 11.0. The van der Waals surface area contributed by atoms with Crippen molar-refractivity contribution in [3.05, 3.63) is 23.8 Å². The van der Waals surface area contributed by atoms with E-state index in [2.05, 4.69) is 12.2 Å². The quantitative estimate of drug-likeness (QED) is 0.872. The van der Waals surface area contributed by atoms with Gasteiger partial charge >= 0.3 is 6.03 Å². The molecule has 5 nitrogen and oxygen atoms in total. The lowest BCUT2D eigenvalue weighted by molar-refractivity contribution is 0.192. The Bertz CT molecular complexity index is 539. The highest BCUT2D eigenvalue weighted by Gasteiger charge is 2.31. The van der Waals surface area contributed by atoms with Gasteiger partial charge in [-0.3, -0.25) is 0 Å². The zero-order valence-corrected chi connectivity index (χ0v) is 14.6. The highest BCUT2D eigenvalue weighted by Crippen LogP contribution is 2.32. The molecule has 1 aliphatic carbocycles. The fourth-order valence-corrected chi connectivity index (χ4v) is 3.12. The smallest absolute Gasteiger partial charge is 0.317 e. The van der Waals surface area contributed by atoms with E-state index in [9.17, 15) is 4.79 Å². The third-order valence-corrected chi connectivity index (χ3v) is 4.44. The summed E-state index contributed by atoms with van der Waals surface area (Å²) in [6.45, 7) is 5.10. The van der Waals surface area contributed by atoms with Gasteiger partial charge in [0.05, 0.1) is 20.3 Å². The summed E-state index contributed by atoms with van der Waals surface area (Å²) in [7, 11) is 3.43. The van der Waals surface area contributed by atoms with Gasteiger partial charge in [0.15, 0.2) is 11.5 Å². The highest BCUT2D eigenvalue weighted by atomic mass is 16.5. The van der Waals surface area contributed by atoms with Gasteiger partial charge in [-0.1, -0.05) is 25.0 Å². The van der Waals surface area contributed by atoms with Crippen LogP contribution in [0.1, 0.15) is 45.1 Å². The molecule has 0 unspecified atom stereocenters. The molecule has 1 aromatic rings. The van der Waals surface area contributed by atoms with Crippen LogP contribution in [0.5, 0.6) is 11.5 Å². The predicted molar refractivity (Wildman–Crippen MR) is 91.0 cm³/mol. The SMILES string of the molecule is CCOc1c(CN(C)C(=O)NC2(C)CCCC2)cccc1OC. The largest absolute Gasteiger partial charge is 0.493 e. The number of nitrogens with one attached hydrogen (secondary N) is 1. The van der Waals surface area contributed by atoms with E-state index in [-0.39, 0.29) is 11.6 Å². The maximum Gasteiger partial charge on any atom is 0.317 e. The number of carbonyl (C=O) groups is 1. The molecule has 0 bridgehead atoms. The van der Waals surface area contributed by atoms with Crippen molar-refractivity contribution < 1.29 is 14.3 Å². The van der Waals surface area contributed by atoms with Crippen molar-refractivity contribution in [1.29, 1.82) is 0 Å². The summed E-state index contributed by atoms with van der Waals surface area (Å²) in [5.74, 6) is 1.41. The Morgan fingerprint density at radius 3 is 2.65 bits per heavy atom. The van der Waals surface area contributed by atoms with Crippen molar-refractivity contribution in [3.8, 4) is 11.5 Å². The van der Waals surface area contributed by atoms with Crippen LogP contribution < -0.4 is 14.8 Å². The van der Waals surface area contributed by atoms with Crippen LogP contribution in [0.25, 0.3) is 0 Å². The first-order valence-electron chi connectivity index (χ1n) is 8.31. The van der Waals surface area contributed by atoms with E-state index in [1.807, 2.05) is 32.2 Å². The number of rotatable bonds is 6. The van der Waals surface area contributed by atoms with E-state index in [1.54, 1.807) is 12.0 Å². The van der Waals surface area contributed by atoms with E-state index in [0.29, 0.717) is 24.7 Å². The van der Waals surface area contributed by atoms with Gasteiger partial charge in [0.25, 0.3) is 0 Å². The first-order valence-corrected chi connectivity index (χ1v) is 8.31. The van der Waals surface area contributed by atoms with Gasteiger partial charge < -0.3 is 19.7 Å². The number of hydrogen-bond acceptors (Lipinski definition) is 3. The number of methoxy groups -OCH3 is 1. The average molecular weight is 320 g/mol. The third-order valence-electron chi connectivity index (χ3n) is 4.44. The summed E-state index contributed by atoms with van der Waals surface area (Å²) in [5, 5.41) is 3.17. The molecule has 0 aliphatic heterocycles. The number of carbonyl (C=O) groups excluding carboxylic acids is 1.